The van der Waals surface area contributed by atoms with Crippen molar-refractivity contribution in [3.63, 3.8) is 0 Å². The van der Waals surface area contributed by atoms with Gasteiger partial charge in [0.2, 0.25) is 0 Å². The van der Waals surface area contributed by atoms with Crippen LogP contribution in [-0.4, -0.2) is 18.1 Å². The molecule has 0 radical (unpaired) electrons. The minimum absolute atomic E-state index is 0.0325. The van der Waals surface area contributed by atoms with Crippen molar-refractivity contribution in [3.8, 4) is 0 Å². The van der Waals surface area contributed by atoms with E-state index in [4.69, 9.17) is 4.74 Å². The van der Waals surface area contributed by atoms with Gasteiger partial charge in [0.1, 0.15) is 5.60 Å². The molecule has 0 aliphatic rings. The van der Waals surface area contributed by atoms with Crippen LogP contribution in [-0.2, 0) is 9.53 Å². The lowest BCUT2D eigenvalue weighted by atomic mass is 9.99. The molecular weight excluding hydrogens is 274 g/mol. The Morgan fingerprint density at radius 1 is 0.955 bits per heavy atom. The molecule has 0 saturated carbocycles. The molecule has 0 bridgehead atoms. The maximum absolute atomic E-state index is 11.9. The standard InChI is InChI=1S/C19H23NO2/c1-19(2,3)22-17(21)14-20-18(15-10-6-4-7-11-15)16-12-8-5-9-13-16/h4-13,18,20H,14H2,1-3H3. The van der Waals surface area contributed by atoms with Crippen molar-refractivity contribution < 1.29 is 9.53 Å². The van der Waals surface area contributed by atoms with E-state index in [-0.39, 0.29) is 18.6 Å². The Hall–Kier alpha value is -2.13. The highest BCUT2D eigenvalue weighted by molar-refractivity contribution is 5.72. The fourth-order valence-electron chi connectivity index (χ4n) is 2.28. The molecule has 0 aliphatic carbocycles. The molecule has 116 valence electrons. The molecule has 0 unspecified atom stereocenters. The van der Waals surface area contributed by atoms with E-state index in [0.717, 1.165) is 11.1 Å². The van der Waals surface area contributed by atoms with Gasteiger partial charge >= 0.3 is 5.97 Å². The van der Waals surface area contributed by atoms with Crippen molar-refractivity contribution in [2.45, 2.75) is 32.4 Å². The predicted molar refractivity (Wildman–Crippen MR) is 88.6 cm³/mol. The number of hydrogen-bond acceptors (Lipinski definition) is 3. The van der Waals surface area contributed by atoms with Gasteiger partial charge in [0.15, 0.2) is 0 Å². The van der Waals surface area contributed by atoms with Gasteiger partial charge < -0.3 is 4.74 Å². The molecule has 1 N–H and O–H groups in total. The van der Waals surface area contributed by atoms with Crippen molar-refractivity contribution in [1.29, 1.82) is 0 Å². The van der Waals surface area contributed by atoms with Gasteiger partial charge in [0.25, 0.3) is 0 Å². The molecular formula is C19H23NO2. The van der Waals surface area contributed by atoms with E-state index >= 15 is 0 Å². The molecule has 3 nitrogen and oxygen atoms in total. The number of benzene rings is 2. The monoisotopic (exact) mass is 297 g/mol. The maximum atomic E-state index is 11.9. The summed E-state index contributed by atoms with van der Waals surface area (Å²) in [6.07, 6.45) is 0. The normalized spacial score (nSPS) is 11.5. The van der Waals surface area contributed by atoms with Gasteiger partial charge in [0.05, 0.1) is 12.6 Å². The molecule has 22 heavy (non-hydrogen) atoms. The van der Waals surface area contributed by atoms with Crippen molar-refractivity contribution in [2.24, 2.45) is 0 Å². The van der Waals surface area contributed by atoms with E-state index in [1.165, 1.54) is 0 Å². The predicted octanol–water partition coefficient (Wildman–Crippen LogP) is 3.71. The average Bonchev–Trinajstić information content (AvgIpc) is 2.48. The minimum Gasteiger partial charge on any atom is -0.459 e. The van der Waals surface area contributed by atoms with Gasteiger partial charge in [-0.15, -0.1) is 0 Å². The van der Waals surface area contributed by atoms with Gasteiger partial charge in [-0.05, 0) is 31.9 Å². The van der Waals surface area contributed by atoms with Crippen LogP contribution in [0, 0.1) is 0 Å². The molecule has 0 saturated heterocycles. The van der Waals surface area contributed by atoms with Crippen LogP contribution in [0.25, 0.3) is 0 Å². The number of carbonyl (C=O) groups excluding carboxylic acids is 1. The summed E-state index contributed by atoms with van der Waals surface area (Å²) < 4.78 is 5.36. The third-order valence-electron chi connectivity index (χ3n) is 3.14. The Balaban J connectivity index is 2.11. The maximum Gasteiger partial charge on any atom is 0.320 e. The molecule has 0 atom stereocenters. The van der Waals surface area contributed by atoms with Gasteiger partial charge in [-0.1, -0.05) is 60.7 Å². The van der Waals surface area contributed by atoms with Crippen LogP contribution in [0.15, 0.2) is 60.7 Å². The largest absolute Gasteiger partial charge is 0.459 e. The minimum atomic E-state index is -0.465. The van der Waals surface area contributed by atoms with Crippen molar-refractivity contribution >= 4 is 5.97 Å². The number of nitrogens with one attached hydrogen (secondary N) is 1. The highest BCUT2D eigenvalue weighted by atomic mass is 16.6. The van der Waals surface area contributed by atoms with Crippen LogP contribution in [0.5, 0.6) is 0 Å². The summed E-state index contributed by atoms with van der Waals surface area (Å²) in [4.78, 5) is 11.9. The van der Waals surface area contributed by atoms with Crippen LogP contribution in [0.2, 0.25) is 0 Å². The number of rotatable bonds is 5. The molecule has 2 rings (SSSR count). The van der Waals surface area contributed by atoms with Gasteiger partial charge in [-0.2, -0.15) is 0 Å². The summed E-state index contributed by atoms with van der Waals surface area (Å²) >= 11 is 0. The summed E-state index contributed by atoms with van der Waals surface area (Å²) in [5.74, 6) is -0.246. The molecule has 0 spiro atoms. The quantitative estimate of drug-likeness (QED) is 0.855. The van der Waals surface area contributed by atoms with Gasteiger partial charge in [-0.25, -0.2) is 0 Å². The third kappa shape index (κ3) is 5.01. The first-order chi connectivity index (χ1) is 10.5. The van der Waals surface area contributed by atoms with Crippen LogP contribution in [0.4, 0.5) is 0 Å². The fraction of sp³-hybridized carbons (Fsp3) is 0.316. The van der Waals surface area contributed by atoms with Crippen molar-refractivity contribution in [3.05, 3.63) is 71.8 Å². The van der Waals surface area contributed by atoms with E-state index in [9.17, 15) is 4.79 Å². The third-order valence-corrected chi connectivity index (χ3v) is 3.14. The van der Waals surface area contributed by atoms with E-state index in [2.05, 4.69) is 29.6 Å². The van der Waals surface area contributed by atoms with E-state index in [1.54, 1.807) is 0 Å². The first-order valence-electron chi connectivity index (χ1n) is 7.51. The highest BCUT2D eigenvalue weighted by Gasteiger charge is 2.19. The first-order valence-corrected chi connectivity index (χ1v) is 7.51. The van der Waals surface area contributed by atoms with Gasteiger partial charge in [-0.3, -0.25) is 10.1 Å². The second-order valence-corrected chi connectivity index (χ2v) is 6.22. The average molecular weight is 297 g/mol. The molecule has 3 heteroatoms. The Morgan fingerprint density at radius 3 is 1.82 bits per heavy atom. The lowest BCUT2D eigenvalue weighted by molar-refractivity contribution is -0.153. The lowest BCUT2D eigenvalue weighted by Gasteiger charge is -2.22. The molecule has 0 aliphatic heterocycles. The molecule has 0 fully saturated rings. The van der Waals surface area contributed by atoms with Crippen molar-refractivity contribution in [1.82, 2.24) is 5.32 Å². The summed E-state index contributed by atoms with van der Waals surface area (Å²) in [5, 5.41) is 3.30. The van der Waals surface area contributed by atoms with E-state index < -0.39 is 5.60 Å². The summed E-state index contributed by atoms with van der Waals surface area (Å²) in [5.41, 5.74) is 1.78. The first kappa shape index (κ1) is 16.2. The number of carbonyl (C=O) groups is 1. The van der Waals surface area contributed by atoms with E-state index in [0.29, 0.717) is 0 Å². The molecule has 2 aromatic carbocycles. The van der Waals surface area contributed by atoms with Crippen LogP contribution >= 0.6 is 0 Å². The second-order valence-electron chi connectivity index (χ2n) is 6.22. The molecule has 0 amide bonds. The summed E-state index contributed by atoms with van der Waals surface area (Å²) in [6.45, 7) is 5.79. The fourth-order valence-corrected chi connectivity index (χ4v) is 2.28. The molecule has 2 aromatic rings. The smallest absolute Gasteiger partial charge is 0.320 e. The van der Waals surface area contributed by atoms with Gasteiger partial charge in [0, 0.05) is 0 Å². The number of esters is 1. The van der Waals surface area contributed by atoms with Crippen molar-refractivity contribution in [2.75, 3.05) is 6.54 Å². The molecule has 0 aromatic heterocycles. The zero-order valence-electron chi connectivity index (χ0n) is 13.4. The summed E-state index contributed by atoms with van der Waals surface area (Å²) in [7, 11) is 0. The SMILES string of the molecule is CC(C)(C)OC(=O)CNC(c1ccccc1)c1ccccc1. The Labute approximate surface area is 132 Å². The zero-order valence-corrected chi connectivity index (χ0v) is 13.4. The van der Waals surface area contributed by atoms with Crippen LogP contribution in [0.3, 0.4) is 0 Å². The van der Waals surface area contributed by atoms with Crippen LogP contribution in [0.1, 0.15) is 37.9 Å². The van der Waals surface area contributed by atoms with E-state index in [1.807, 2.05) is 57.2 Å². The number of ether oxygens (including phenoxy) is 1. The molecule has 0 heterocycles. The Morgan fingerprint density at radius 2 is 1.41 bits per heavy atom. The lowest BCUT2D eigenvalue weighted by Crippen LogP contribution is -2.33. The second kappa shape index (κ2) is 7.23. The zero-order chi connectivity index (χ0) is 16.0. The Kier molecular flexibility index (Phi) is 5.34. The Bertz CT molecular complexity index is 548. The van der Waals surface area contributed by atoms with Crippen LogP contribution < -0.4 is 5.32 Å². The number of hydrogen-bond donors (Lipinski definition) is 1. The topological polar surface area (TPSA) is 38.3 Å². The highest BCUT2D eigenvalue weighted by Crippen LogP contribution is 2.21. The summed E-state index contributed by atoms with van der Waals surface area (Å²) in [6, 6.07) is 20.2.